The smallest absolute Gasteiger partial charge is 0.0985 e. The summed E-state index contributed by atoms with van der Waals surface area (Å²) in [5, 5.41) is 1.20. The highest BCUT2D eigenvalue weighted by atomic mass is 32.1. The van der Waals surface area contributed by atoms with Crippen molar-refractivity contribution in [2.24, 2.45) is 5.73 Å². The van der Waals surface area contributed by atoms with Crippen molar-refractivity contribution in [2.45, 2.75) is 52.5 Å². The summed E-state index contributed by atoms with van der Waals surface area (Å²) >= 11 is 1.76. The lowest BCUT2D eigenvalue weighted by atomic mass is 9.98. The van der Waals surface area contributed by atoms with E-state index >= 15 is 0 Å². The molecule has 0 unspecified atom stereocenters. The Morgan fingerprint density at radius 1 is 1.36 bits per heavy atom. The molecule has 2 nitrogen and oxygen atoms in total. The first-order valence-electron chi connectivity index (χ1n) is 5.06. The van der Waals surface area contributed by atoms with Crippen LogP contribution in [0.15, 0.2) is 0 Å². The Morgan fingerprint density at radius 3 is 2.21 bits per heavy atom. The molecule has 1 rings (SSSR count). The van der Waals surface area contributed by atoms with Gasteiger partial charge < -0.3 is 5.73 Å². The normalized spacial score (nSPS) is 12.5. The van der Waals surface area contributed by atoms with Gasteiger partial charge in [0.1, 0.15) is 0 Å². The van der Waals surface area contributed by atoms with Gasteiger partial charge in [0, 0.05) is 16.8 Å². The maximum Gasteiger partial charge on any atom is 0.0985 e. The molecule has 0 radical (unpaired) electrons. The first-order valence-corrected chi connectivity index (χ1v) is 5.88. The number of hydrogen-bond acceptors (Lipinski definition) is 3. The summed E-state index contributed by atoms with van der Waals surface area (Å²) in [6, 6.07) is 0. The van der Waals surface area contributed by atoms with Gasteiger partial charge in [-0.05, 0) is 5.92 Å². The van der Waals surface area contributed by atoms with E-state index in [2.05, 4.69) is 34.6 Å². The molecule has 80 valence electrons. The molecule has 0 fully saturated rings. The van der Waals surface area contributed by atoms with E-state index < -0.39 is 0 Å². The molecule has 2 N–H and O–H groups in total. The van der Waals surface area contributed by atoms with Crippen molar-refractivity contribution in [3.05, 3.63) is 15.6 Å². The predicted molar refractivity (Wildman–Crippen MR) is 62.8 cm³/mol. The molecule has 1 aromatic rings. The zero-order valence-corrected chi connectivity index (χ0v) is 10.5. The van der Waals surface area contributed by atoms with Crippen LogP contribution in [-0.2, 0) is 12.0 Å². The number of nitrogens with two attached hydrogens (primary N) is 1. The van der Waals surface area contributed by atoms with Crippen LogP contribution in [0.4, 0.5) is 0 Å². The highest BCUT2D eigenvalue weighted by Gasteiger charge is 2.21. The number of thiazole rings is 1. The molecule has 0 aromatic carbocycles. The van der Waals surface area contributed by atoms with E-state index in [0.717, 1.165) is 0 Å². The van der Waals surface area contributed by atoms with Gasteiger partial charge in [0.25, 0.3) is 0 Å². The van der Waals surface area contributed by atoms with Crippen molar-refractivity contribution in [1.82, 2.24) is 4.98 Å². The van der Waals surface area contributed by atoms with Crippen molar-refractivity contribution in [3.8, 4) is 0 Å². The zero-order valence-electron chi connectivity index (χ0n) is 9.72. The second kappa shape index (κ2) is 3.99. The van der Waals surface area contributed by atoms with Crippen LogP contribution in [-0.4, -0.2) is 4.98 Å². The minimum absolute atomic E-state index is 0.141. The van der Waals surface area contributed by atoms with E-state index in [0.29, 0.717) is 12.5 Å². The Balaban J connectivity index is 3.13. The van der Waals surface area contributed by atoms with Crippen LogP contribution >= 0.6 is 11.3 Å². The third-order valence-corrected chi connectivity index (χ3v) is 3.62. The fourth-order valence-corrected chi connectivity index (χ4v) is 2.43. The van der Waals surface area contributed by atoms with Crippen LogP contribution in [0, 0.1) is 0 Å². The molecular formula is C11H20N2S. The van der Waals surface area contributed by atoms with Crippen LogP contribution in [0.5, 0.6) is 0 Å². The first-order chi connectivity index (χ1) is 6.36. The molecule has 0 aliphatic rings. The molecular weight excluding hydrogens is 192 g/mol. The molecule has 0 saturated carbocycles. The SMILES string of the molecule is CC(C)c1nc(C(C)(C)C)sc1CN. The van der Waals surface area contributed by atoms with Gasteiger partial charge in [-0.2, -0.15) is 0 Å². The van der Waals surface area contributed by atoms with Gasteiger partial charge in [0.05, 0.1) is 10.7 Å². The Morgan fingerprint density at radius 2 is 1.93 bits per heavy atom. The summed E-state index contributed by atoms with van der Waals surface area (Å²) in [7, 11) is 0. The maximum atomic E-state index is 5.72. The van der Waals surface area contributed by atoms with Gasteiger partial charge >= 0.3 is 0 Å². The lowest BCUT2D eigenvalue weighted by molar-refractivity contribution is 0.581. The average molecular weight is 212 g/mol. The van der Waals surface area contributed by atoms with E-state index in [1.54, 1.807) is 11.3 Å². The molecule has 0 aliphatic carbocycles. The highest BCUT2D eigenvalue weighted by molar-refractivity contribution is 7.11. The van der Waals surface area contributed by atoms with E-state index in [1.165, 1.54) is 15.6 Å². The maximum absolute atomic E-state index is 5.72. The lowest BCUT2D eigenvalue weighted by Gasteiger charge is -2.13. The Labute approximate surface area is 90.6 Å². The summed E-state index contributed by atoms with van der Waals surface area (Å²) < 4.78 is 0. The highest BCUT2D eigenvalue weighted by Crippen LogP contribution is 2.32. The minimum Gasteiger partial charge on any atom is -0.326 e. The van der Waals surface area contributed by atoms with Crippen molar-refractivity contribution in [3.63, 3.8) is 0 Å². The Bertz CT molecular complexity index is 308. The van der Waals surface area contributed by atoms with Gasteiger partial charge in [0.2, 0.25) is 0 Å². The van der Waals surface area contributed by atoms with E-state index in [4.69, 9.17) is 10.7 Å². The standard InChI is InChI=1S/C11H20N2S/c1-7(2)9-8(6-12)14-10(13-9)11(3,4)5/h7H,6,12H2,1-5H3. The average Bonchev–Trinajstić information content (AvgIpc) is 2.45. The van der Waals surface area contributed by atoms with Crippen LogP contribution in [0.25, 0.3) is 0 Å². The monoisotopic (exact) mass is 212 g/mol. The molecule has 0 bridgehead atoms. The zero-order chi connectivity index (χ0) is 10.9. The number of aromatic nitrogens is 1. The van der Waals surface area contributed by atoms with Crippen LogP contribution in [0.1, 0.15) is 56.1 Å². The lowest BCUT2D eigenvalue weighted by Crippen LogP contribution is -2.10. The largest absolute Gasteiger partial charge is 0.326 e. The van der Waals surface area contributed by atoms with Crippen molar-refractivity contribution >= 4 is 11.3 Å². The fraction of sp³-hybridized carbons (Fsp3) is 0.727. The molecule has 1 aromatic heterocycles. The first kappa shape index (κ1) is 11.7. The molecule has 0 aliphatic heterocycles. The number of rotatable bonds is 2. The Kier molecular flexibility index (Phi) is 3.32. The molecule has 1 heterocycles. The van der Waals surface area contributed by atoms with Crippen LogP contribution in [0.2, 0.25) is 0 Å². The number of nitrogens with zero attached hydrogens (tertiary/aromatic N) is 1. The van der Waals surface area contributed by atoms with E-state index in [9.17, 15) is 0 Å². The fourth-order valence-electron chi connectivity index (χ4n) is 1.28. The summed E-state index contributed by atoms with van der Waals surface area (Å²) in [5.41, 5.74) is 7.04. The van der Waals surface area contributed by atoms with Gasteiger partial charge in [-0.3, -0.25) is 0 Å². The van der Waals surface area contributed by atoms with E-state index in [1.807, 2.05) is 0 Å². The summed E-state index contributed by atoms with van der Waals surface area (Å²) in [6.45, 7) is 11.5. The second-order valence-corrected chi connectivity index (χ2v) is 6.02. The summed E-state index contributed by atoms with van der Waals surface area (Å²) in [4.78, 5) is 5.93. The summed E-state index contributed by atoms with van der Waals surface area (Å²) in [6.07, 6.45) is 0. The Hall–Kier alpha value is -0.410. The quantitative estimate of drug-likeness (QED) is 0.818. The van der Waals surface area contributed by atoms with Crippen LogP contribution < -0.4 is 5.73 Å². The van der Waals surface area contributed by atoms with Gasteiger partial charge in [0.15, 0.2) is 0 Å². The number of hydrogen-bond donors (Lipinski definition) is 1. The molecule has 14 heavy (non-hydrogen) atoms. The van der Waals surface area contributed by atoms with E-state index in [-0.39, 0.29) is 5.41 Å². The molecule has 0 spiro atoms. The van der Waals surface area contributed by atoms with Crippen molar-refractivity contribution in [1.29, 1.82) is 0 Å². The van der Waals surface area contributed by atoms with Gasteiger partial charge in [-0.15, -0.1) is 11.3 Å². The topological polar surface area (TPSA) is 38.9 Å². The predicted octanol–water partition coefficient (Wildman–Crippen LogP) is 3.02. The van der Waals surface area contributed by atoms with Gasteiger partial charge in [-0.1, -0.05) is 34.6 Å². The third kappa shape index (κ3) is 2.34. The summed E-state index contributed by atoms with van der Waals surface area (Å²) in [5.74, 6) is 0.473. The third-order valence-electron chi connectivity index (χ3n) is 2.10. The van der Waals surface area contributed by atoms with Crippen molar-refractivity contribution in [2.75, 3.05) is 0 Å². The molecule has 3 heteroatoms. The van der Waals surface area contributed by atoms with Crippen LogP contribution in [0.3, 0.4) is 0 Å². The molecule has 0 saturated heterocycles. The van der Waals surface area contributed by atoms with Crippen molar-refractivity contribution < 1.29 is 0 Å². The molecule has 0 amide bonds. The second-order valence-electron chi connectivity index (χ2n) is 4.94. The van der Waals surface area contributed by atoms with Gasteiger partial charge in [-0.25, -0.2) is 4.98 Å². The molecule has 0 atom stereocenters. The minimum atomic E-state index is 0.141.